The number of methoxy groups -OCH3 is 1. The second kappa shape index (κ2) is 4.32. The summed E-state index contributed by atoms with van der Waals surface area (Å²) in [4.78, 5) is 11.3. The standard InChI is InChI=1S/C9H9BrO4S/c1-14-9(11)6-3-4-8(7(10)5-6)15(2,12)13/h3-5H,1-2H3. The first-order valence-corrected chi connectivity index (χ1v) is 6.62. The van der Waals surface area contributed by atoms with Crippen molar-refractivity contribution in [2.75, 3.05) is 13.4 Å². The summed E-state index contributed by atoms with van der Waals surface area (Å²) in [6.45, 7) is 0. The Bertz CT molecular complexity index is 493. The lowest BCUT2D eigenvalue weighted by Crippen LogP contribution is -2.04. The summed E-state index contributed by atoms with van der Waals surface area (Å²) in [7, 11) is -2.02. The first kappa shape index (κ1) is 12.2. The van der Waals surface area contributed by atoms with Crippen molar-refractivity contribution in [3.63, 3.8) is 0 Å². The fourth-order valence-electron chi connectivity index (χ4n) is 1.05. The number of ether oxygens (including phenoxy) is 1. The summed E-state index contributed by atoms with van der Waals surface area (Å²) < 4.78 is 27.4. The molecule has 0 radical (unpaired) electrons. The van der Waals surface area contributed by atoms with E-state index in [1.54, 1.807) is 0 Å². The van der Waals surface area contributed by atoms with Crippen LogP contribution in [0.25, 0.3) is 0 Å². The van der Waals surface area contributed by atoms with E-state index in [1.165, 1.54) is 25.3 Å². The van der Waals surface area contributed by atoms with Gasteiger partial charge in [-0.3, -0.25) is 0 Å². The average Bonchev–Trinajstić information content (AvgIpc) is 2.14. The number of halogens is 1. The van der Waals surface area contributed by atoms with Gasteiger partial charge in [0.2, 0.25) is 0 Å². The number of carbonyl (C=O) groups is 1. The van der Waals surface area contributed by atoms with Crippen LogP contribution in [0.4, 0.5) is 0 Å². The quantitative estimate of drug-likeness (QED) is 0.778. The largest absolute Gasteiger partial charge is 0.465 e. The monoisotopic (exact) mass is 292 g/mol. The topological polar surface area (TPSA) is 60.4 Å². The highest BCUT2D eigenvalue weighted by molar-refractivity contribution is 9.10. The third-order valence-corrected chi connectivity index (χ3v) is 3.83. The normalized spacial score (nSPS) is 11.1. The van der Waals surface area contributed by atoms with Crippen LogP contribution in [-0.4, -0.2) is 27.8 Å². The molecule has 6 heteroatoms. The molecule has 0 atom stereocenters. The minimum Gasteiger partial charge on any atom is -0.465 e. The minimum absolute atomic E-state index is 0.148. The third kappa shape index (κ3) is 2.79. The zero-order valence-electron chi connectivity index (χ0n) is 8.15. The van der Waals surface area contributed by atoms with Gasteiger partial charge in [0.25, 0.3) is 0 Å². The molecule has 1 aromatic carbocycles. The summed E-state index contributed by atoms with van der Waals surface area (Å²) in [6, 6.07) is 4.20. The van der Waals surface area contributed by atoms with Gasteiger partial charge in [-0.2, -0.15) is 0 Å². The number of hydrogen-bond acceptors (Lipinski definition) is 4. The van der Waals surface area contributed by atoms with Crippen molar-refractivity contribution < 1.29 is 17.9 Å². The Morgan fingerprint density at radius 2 is 2.00 bits per heavy atom. The van der Waals surface area contributed by atoms with E-state index >= 15 is 0 Å². The number of sulfone groups is 1. The molecule has 0 aromatic heterocycles. The van der Waals surface area contributed by atoms with E-state index in [4.69, 9.17) is 0 Å². The highest BCUT2D eigenvalue weighted by atomic mass is 79.9. The predicted octanol–water partition coefficient (Wildman–Crippen LogP) is 1.64. The number of carbonyl (C=O) groups excluding carboxylic acids is 1. The smallest absolute Gasteiger partial charge is 0.337 e. The molecule has 82 valence electrons. The summed E-state index contributed by atoms with van der Waals surface area (Å²) in [5, 5.41) is 0. The molecule has 0 saturated carbocycles. The fourth-order valence-corrected chi connectivity index (χ4v) is 3.04. The molecule has 4 nitrogen and oxygen atoms in total. The lowest BCUT2D eigenvalue weighted by molar-refractivity contribution is 0.0600. The van der Waals surface area contributed by atoms with Crippen LogP contribution in [0.15, 0.2) is 27.6 Å². The van der Waals surface area contributed by atoms with Gasteiger partial charge in [0.1, 0.15) is 0 Å². The van der Waals surface area contributed by atoms with Gasteiger partial charge >= 0.3 is 5.97 Å². The SMILES string of the molecule is COC(=O)c1ccc(S(C)(=O)=O)c(Br)c1. The zero-order valence-corrected chi connectivity index (χ0v) is 10.6. The summed E-state index contributed by atoms with van der Waals surface area (Å²) in [6.07, 6.45) is 1.10. The highest BCUT2D eigenvalue weighted by Crippen LogP contribution is 2.23. The van der Waals surface area contributed by atoms with Gasteiger partial charge in [-0.05, 0) is 34.1 Å². The molecule has 15 heavy (non-hydrogen) atoms. The van der Waals surface area contributed by atoms with Gasteiger partial charge in [0, 0.05) is 10.7 Å². The molecule has 0 amide bonds. The van der Waals surface area contributed by atoms with E-state index in [9.17, 15) is 13.2 Å². The predicted molar refractivity (Wildman–Crippen MR) is 58.6 cm³/mol. The van der Waals surface area contributed by atoms with Crippen LogP contribution < -0.4 is 0 Å². The molecule has 0 fully saturated rings. The van der Waals surface area contributed by atoms with Crippen molar-refractivity contribution in [2.24, 2.45) is 0 Å². The molecule has 0 bridgehead atoms. The van der Waals surface area contributed by atoms with Crippen LogP contribution in [0.5, 0.6) is 0 Å². The first-order chi connectivity index (χ1) is 6.86. The molecule has 0 aliphatic carbocycles. The molecule has 0 aliphatic rings. The average molecular weight is 293 g/mol. The Morgan fingerprint density at radius 1 is 1.40 bits per heavy atom. The van der Waals surface area contributed by atoms with Crippen LogP contribution in [0, 0.1) is 0 Å². The van der Waals surface area contributed by atoms with Gasteiger partial charge in [0.05, 0.1) is 17.6 Å². The van der Waals surface area contributed by atoms with Gasteiger partial charge in [-0.15, -0.1) is 0 Å². The van der Waals surface area contributed by atoms with Crippen molar-refractivity contribution in [1.29, 1.82) is 0 Å². The van der Waals surface area contributed by atoms with E-state index in [0.29, 0.717) is 10.0 Å². The van der Waals surface area contributed by atoms with E-state index in [0.717, 1.165) is 6.26 Å². The van der Waals surface area contributed by atoms with Crippen molar-refractivity contribution in [2.45, 2.75) is 4.90 Å². The Hall–Kier alpha value is -0.880. The van der Waals surface area contributed by atoms with Crippen molar-refractivity contribution >= 4 is 31.7 Å². The first-order valence-electron chi connectivity index (χ1n) is 3.94. The fraction of sp³-hybridized carbons (Fsp3) is 0.222. The number of hydrogen-bond donors (Lipinski definition) is 0. The Kier molecular flexibility index (Phi) is 3.51. The third-order valence-electron chi connectivity index (χ3n) is 1.75. The van der Waals surface area contributed by atoms with Gasteiger partial charge in [-0.1, -0.05) is 0 Å². The molecule has 0 saturated heterocycles. The van der Waals surface area contributed by atoms with Gasteiger partial charge < -0.3 is 4.74 Å². The van der Waals surface area contributed by atoms with Gasteiger partial charge in [-0.25, -0.2) is 13.2 Å². The highest BCUT2D eigenvalue weighted by Gasteiger charge is 2.14. The Labute approximate surface area is 96.3 Å². The molecule has 0 unspecified atom stereocenters. The lowest BCUT2D eigenvalue weighted by Gasteiger charge is -2.04. The van der Waals surface area contributed by atoms with E-state index in [-0.39, 0.29) is 4.90 Å². The van der Waals surface area contributed by atoms with Crippen molar-refractivity contribution in [3.8, 4) is 0 Å². The molecule has 0 spiro atoms. The molecule has 0 heterocycles. The lowest BCUT2D eigenvalue weighted by atomic mass is 10.2. The van der Waals surface area contributed by atoms with E-state index in [2.05, 4.69) is 20.7 Å². The van der Waals surface area contributed by atoms with Crippen LogP contribution in [-0.2, 0) is 14.6 Å². The summed E-state index contributed by atoms with van der Waals surface area (Å²) >= 11 is 3.09. The number of esters is 1. The van der Waals surface area contributed by atoms with Crippen LogP contribution in [0.2, 0.25) is 0 Å². The van der Waals surface area contributed by atoms with Crippen LogP contribution in [0.3, 0.4) is 0 Å². The van der Waals surface area contributed by atoms with Crippen LogP contribution in [0.1, 0.15) is 10.4 Å². The van der Waals surface area contributed by atoms with E-state index in [1.807, 2.05) is 0 Å². The second-order valence-corrected chi connectivity index (χ2v) is 5.75. The Morgan fingerprint density at radius 3 is 2.40 bits per heavy atom. The Balaban J connectivity index is 3.27. The molecular formula is C9H9BrO4S. The van der Waals surface area contributed by atoms with Crippen molar-refractivity contribution in [3.05, 3.63) is 28.2 Å². The van der Waals surface area contributed by atoms with Crippen LogP contribution >= 0.6 is 15.9 Å². The second-order valence-electron chi connectivity index (χ2n) is 2.91. The molecule has 0 aliphatic heterocycles. The van der Waals surface area contributed by atoms with E-state index < -0.39 is 15.8 Å². The zero-order chi connectivity index (χ0) is 11.6. The molecule has 1 rings (SSSR count). The maximum atomic E-state index is 11.3. The molecular weight excluding hydrogens is 284 g/mol. The van der Waals surface area contributed by atoms with Crippen molar-refractivity contribution in [1.82, 2.24) is 0 Å². The maximum Gasteiger partial charge on any atom is 0.337 e. The van der Waals surface area contributed by atoms with Gasteiger partial charge in [0.15, 0.2) is 9.84 Å². The minimum atomic E-state index is -3.28. The number of benzene rings is 1. The molecule has 1 aromatic rings. The number of rotatable bonds is 2. The molecule has 0 N–H and O–H groups in total. The maximum absolute atomic E-state index is 11.3. The summed E-state index contributed by atoms with van der Waals surface area (Å²) in [5.74, 6) is -0.504. The summed E-state index contributed by atoms with van der Waals surface area (Å²) in [5.41, 5.74) is 0.303.